The molecule has 0 aromatic heterocycles. The highest BCUT2D eigenvalue weighted by atomic mass is 16.6. The minimum Gasteiger partial charge on any atom is -0.390 e. The van der Waals surface area contributed by atoms with Crippen LogP contribution < -0.4 is 0 Å². The Bertz CT molecular complexity index is 289. The molecule has 4 heteroatoms. The third kappa shape index (κ3) is 2.57. The van der Waals surface area contributed by atoms with Gasteiger partial charge in [-0.05, 0) is 32.6 Å². The molecular weight excluding hydrogens is 230 g/mol. The zero-order valence-electron chi connectivity index (χ0n) is 11.4. The van der Waals surface area contributed by atoms with Gasteiger partial charge in [0.25, 0.3) is 0 Å². The molecule has 1 spiro atoms. The van der Waals surface area contributed by atoms with Crippen LogP contribution in [0.1, 0.15) is 39.0 Å². The van der Waals surface area contributed by atoms with Crippen molar-refractivity contribution in [2.75, 3.05) is 32.9 Å². The van der Waals surface area contributed by atoms with E-state index in [1.165, 1.54) is 0 Å². The van der Waals surface area contributed by atoms with Gasteiger partial charge in [0, 0.05) is 38.8 Å². The van der Waals surface area contributed by atoms with Gasteiger partial charge >= 0.3 is 0 Å². The lowest BCUT2D eigenvalue weighted by molar-refractivity contribution is -0.115. The molecular formula is C14H25NO3. The summed E-state index contributed by atoms with van der Waals surface area (Å²) in [6, 6.07) is 0.622. The molecule has 104 valence electrons. The topological polar surface area (TPSA) is 41.9 Å². The monoisotopic (exact) mass is 255 g/mol. The number of hydrogen-bond donors (Lipinski definition) is 1. The van der Waals surface area contributed by atoms with Crippen LogP contribution in [0.4, 0.5) is 0 Å². The fraction of sp³-hybridized carbons (Fsp3) is 1.00. The van der Waals surface area contributed by atoms with Gasteiger partial charge in [-0.15, -0.1) is 0 Å². The highest BCUT2D eigenvalue weighted by Gasteiger charge is 2.43. The van der Waals surface area contributed by atoms with Gasteiger partial charge in [0.05, 0.1) is 17.8 Å². The van der Waals surface area contributed by atoms with E-state index in [4.69, 9.17) is 9.47 Å². The average molecular weight is 255 g/mol. The maximum Gasteiger partial charge on any atom is 0.0951 e. The number of nitrogens with zero attached hydrogens (tertiary/aromatic N) is 1. The van der Waals surface area contributed by atoms with Crippen molar-refractivity contribution in [2.45, 2.75) is 56.3 Å². The van der Waals surface area contributed by atoms with Crippen molar-refractivity contribution in [1.29, 1.82) is 0 Å². The van der Waals surface area contributed by atoms with E-state index in [-0.39, 0.29) is 5.60 Å². The standard InChI is InChI=1S/C14H25NO3/c1-13(16)3-6-15(7-4-13)12-2-8-18-14(10-12)5-9-17-11-14/h12,16H,2-11H2,1H3. The molecule has 3 aliphatic rings. The Morgan fingerprint density at radius 2 is 1.94 bits per heavy atom. The summed E-state index contributed by atoms with van der Waals surface area (Å²) in [6.07, 6.45) is 5.08. The molecule has 1 N–H and O–H groups in total. The second kappa shape index (κ2) is 4.75. The molecule has 2 unspecified atom stereocenters. The van der Waals surface area contributed by atoms with Crippen molar-refractivity contribution < 1.29 is 14.6 Å². The maximum atomic E-state index is 10.0. The van der Waals surface area contributed by atoms with E-state index in [0.717, 1.165) is 65.0 Å². The molecule has 0 bridgehead atoms. The number of hydrogen-bond acceptors (Lipinski definition) is 4. The van der Waals surface area contributed by atoms with Gasteiger partial charge in [0.1, 0.15) is 0 Å². The van der Waals surface area contributed by atoms with Crippen LogP contribution in [0.2, 0.25) is 0 Å². The molecule has 3 fully saturated rings. The molecule has 3 saturated heterocycles. The Morgan fingerprint density at radius 3 is 2.61 bits per heavy atom. The predicted molar refractivity (Wildman–Crippen MR) is 68.6 cm³/mol. The molecule has 0 radical (unpaired) electrons. The lowest BCUT2D eigenvalue weighted by Gasteiger charge is -2.45. The molecule has 0 aromatic rings. The summed E-state index contributed by atoms with van der Waals surface area (Å²) in [5, 5.41) is 10.0. The molecule has 2 atom stereocenters. The first-order valence-electron chi connectivity index (χ1n) is 7.27. The Labute approximate surface area is 109 Å². The van der Waals surface area contributed by atoms with E-state index < -0.39 is 5.60 Å². The summed E-state index contributed by atoms with van der Waals surface area (Å²) in [6.45, 7) is 6.49. The summed E-state index contributed by atoms with van der Waals surface area (Å²) in [7, 11) is 0. The highest BCUT2D eigenvalue weighted by molar-refractivity contribution is 4.95. The van der Waals surface area contributed by atoms with Crippen LogP contribution in [0.15, 0.2) is 0 Å². The van der Waals surface area contributed by atoms with Crippen LogP contribution >= 0.6 is 0 Å². The lowest BCUT2D eigenvalue weighted by atomic mass is 9.86. The molecule has 3 rings (SSSR count). The van der Waals surface area contributed by atoms with Crippen LogP contribution in [0.25, 0.3) is 0 Å². The van der Waals surface area contributed by atoms with E-state index in [1.54, 1.807) is 0 Å². The smallest absolute Gasteiger partial charge is 0.0951 e. The number of rotatable bonds is 1. The fourth-order valence-corrected chi connectivity index (χ4v) is 3.55. The van der Waals surface area contributed by atoms with Gasteiger partial charge in [0.2, 0.25) is 0 Å². The summed E-state index contributed by atoms with van der Waals surface area (Å²) in [5.41, 5.74) is -0.446. The van der Waals surface area contributed by atoms with E-state index >= 15 is 0 Å². The third-order valence-corrected chi connectivity index (χ3v) is 4.93. The number of likely N-dealkylation sites (tertiary alicyclic amines) is 1. The fourth-order valence-electron chi connectivity index (χ4n) is 3.55. The molecule has 3 heterocycles. The molecule has 0 amide bonds. The predicted octanol–water partition coefficient (Wildman–Crippen LogP) is 1.17. The molecule has 0 aliphatic carbocycles. The van der Waals surface area contributed by atoms with Gasteiger partial charge in [-0.1, -0.05) is 0 Å². The molecule has 0 aromatic carbocycles. The minimum atomic E-state index is -0.449. The van der Waals surface area contributed by atoms with Crippen LogP contribution in [-0.2, 0) is 9.47 Å². The van der Waals surface area contributed by atoms with Gasteiger partial charge in [-0.25, -0.2) is 0 Å². The Balaban J connectivity index is 1.59. The van der Waals surface area contributed by atoms with Crippen molar-refractivity contribution in [1.82, 2.24) is 4.90 Å². The molecule has 4 nitrogen and oxygen atoms in total. The van der Waals surface area contributed by atoms with Crippen LogP contribution in [0, 0.1) is 0 Å². The van der Waals surface area contributed by atoms with Crippen molar-refractivity contribution in [3.8, 4) is 0 Å². The van der Waals surface area contributed by atoms with E-state index in [9.17, 15) is 5.11 Å². The largest absolute Gasteiger partial charge is 0.390 e. The first kappa shape index (κ1) is 12.9. The van der Waals surface area contributed by atoms with Crippen molar-refractivity contribution in [3.05, 3.63) is 0 Å². The number of ether oxygens (including phenoxy) is 2. The SMILES string of the molecule is CC1(O)CCN(C2CCOC3(CCOC3)C2)CC1. The van der Waals surface area contributed by atoms with E-state index in [2.05, 4.69) is 4.90 Å². The van der Waals surface area contributed by atoms with Gasteiger partial charge in [-0.2, -0.15) is 0 Å². The lowest BCUT2D eigenvalue weighted by Crippen LogP contribution is -2.53. The Hall–Kier alpha value is -0.160. The first-order chi connectivity index (χ1) is 8.59. The summed E-state index contributed by atoms with van der Waals surface area (Å²) >= 11 is 0. The first-order valence-corrected chi connectivity index (χ1v) is 7.27. The molecule has 18 heavy (non-hydrogen) atoms. The third-order valence-electron chi connectivity index (χ3n) is 4.93. The Kier molecular flexibility index (Phi) is 3.39. The number of piperidine rings is 1. The van der Waals surface area contributed by atoms with Gasteiger partial charge < -0.3 is 14.6 Å². The second-order valence-electron chi connectivity index (χ2n) is 6.51. The van der Waals surface area contributed by atoms with Crippen molar-refractivity contribution >= 4 is 0 Å². The number of aliphatic hydroxyl groups is 1. The Morgan fingerprint density at radius 1 is 1.17 bits per heavy atom. The van der Waals surface area contributed by atoms with Gasteiger partial charge in [0.15, 0.2) is 0 Å². The average Bonchev–Trinajstić information content (AvgIpc) is 2.77. The summed E-state index contributed by atoms with van der Waals surface area (Å²) in [5.74, 6) is 0. The maximum absolute atomic E-state index is 10.0. The minimum absolute atomic E-state index is 0.00286. The molecule has 3 aliphatic heterocycles. The highest BCUT2D eigenvalue weighted by Crippen LogP contribution is 2.36. The van der Waals surface area contributed by atoms with Crippen LogP contribution in [0.5, 0.6) is 0 Å². The summed E-state index contributed by atoms with van der Waals surface area (Å²) in [4.78, 5) is 2.56. The normalized spacial score (nSPS) is 41.3. The van der Waals surface area contributed by atoms with Gasteiger partial charge in [-0.3, -0.25) is 4.90 Å². The van der Waals surface area contributed by atoms with Crippen LogP contribution in [0.3, 0.4) is 0 Å². The van der Waals surface area contributed by atoms with Crippen molar-refractivity contribution in [2.24, 2.45) is 0 Å². The second-order valence-corrected chi connectivity index (χ2v) is 6.51. The summed E-state index contributed by atoms with van der Waals surface area (Å²) < 4.78 is 11.5. The van der Waals surface area contributed by atoms with E-state index in [0.29, 0.717) is 6.04 Å². The zero-order valence-corrected chi connectivity index (χ0v) is 11.4. The quantitative estimate of drug-likeness (QED) is 0.764. The van der Waals surface area contributed by atoms with E-state index in [1.807, 2.05) is 6.92 Å². The van der Waals surface area contributed by atoms with Crippen LogP contribution in [-0.4, -0.2) is 60.2 Å². The van der Waals surface area contributed by atoms with Crippen molar-refractivity contribution in [3.63, 3.8) is 0 Å². The molecule has 0 saturated carbocycles. The zero-order chi connectivity index (χ0) is 12.6.